The molecular formula is C14H16N4. The molecule has 2 rings (SSSR count). The third-order valence-electron chi connectivity index (χ3n) is 2.67. The Hall–Kier alpha value is -2.12. The standard InChI is InChI=1S/C14H16N4/c1-3-12(4-2)15-10-13-11-16-18(17-13)14-8-6-5-7-9-14/h1,5-9,11-12,15H,4,10H2,2H3. The fourth-order valence-corrected chi connectivity index (χ4v) is 1.61. The number of nitrogens with one attached hydrogen (secondary N) is 1. The van der Waals surface area contributed by atoms with Crippen LogP contribution in [-0.2, 0) is 6.54 Å². The first-order chi connectivity index (χ1) is 8.83. The number of terminal acetylenes is 1. The minimum atomic E-state index is 0.0897. The fraction of sp³-hybridized carbons (Fsp3) is 0.286. The number of aromatic nitrogens is 3. The van der Waals surface area contributed by atoms with Gasteiger partial charge in [-0.1, -0.05) is 31.0 Å². The molecule has 92 valence electrons. The number of hydrogen-bond acceptors (Lipinski definition) is 3. The molecule has 0 aliphatic heterocycles. The normalized spacial score (nSPS) is 12.0. The Morgan fingerprint density at radius 3 is 2.83 bits per heavy atom. The van der Waals surface area contributed by atoms with E-state index in [0.717, 1.165) is 17.8 Å². The van der Waals surface area contributed by atoms with Crippen molar-refractivity contribution < 1.29 is 0 Å². The van der Waals surface area contributed by atoms with Gasteiger partial charge in [0.1, 0.15) is 0 Å². The van der Waals surface area contributed by atoms with Crippen LogP contribution in [0.25, 0.3) is 5.69 Å². The van der Waals surface area contributed by atoms with Crippen LogP contribution in [0, 0.1) is 12.3 Å². The molecule has 1 unspecified atom stereocenters. The van der Waals surface area contributed by atoms with Gasteiger partial charge in [0.05, 0.1) is 23.6 Å². The predicted molar refractivity (Wildman–Crippen MR) is 71.1 cm³/mol. The Labute approximate surface area is 107 Å². The summed E-state index contributed by atoms with van der Waals surface area (Å²) in [6.45, 7) is 2.69. The summed E-state index contributed by atoms with van der Waals surface area (Å²) in [7, 11) is 0. The molecule has 0 fully saturated rings. The zero-order chi connectivity index (χ0) is 12.8. The van der Waals surface area contributed by atoms with E-state index in [9.17, 15) is 0 Å². The van der Waals surface area contributed by atoms with E-state index in [4.69, 9.17) is 6.42 Å². The number of benzene rings is 1. The zero-order valence-corrected chi connectivity index (χ0v) is 10.4. The Balaban J connectivity index is 2.01. The number of para-hydroxylation sites is 1. The summed E-state index contributed by atoms with van der Waals surface area (Å²) in [6.07, 6.45) is 8.05. The highest BCUT2D eigenvalue weighted by Gasteiger charge is 2.05. The molecule has 1 aromatic heterocycles. The van der Waals surface area contributed by atoms with Crippen molar-refractivity contribution in [2.45, 2.75) is 25.9 Å². The molecule has 0 saturated heterocycles. The average Bonchev–Trinajstić information content (AvgIpc) is 2.90. The van der Waals surface area contributed by atoms with E-state index >= 15 is 0 Å². The van der Waals surface area contributed by atoms with E-state index in [-0.39, 0.29) is 6.04 Å². The van der Waals surface area contributed by atoms with Crippen molar-refractivity contribution in [3.63, 3.8) is 0 Å². The number of nitrogens with zero attached hydrogens (tertiary/aromatic N) is 3. The minimum absolute atomic E-state index is 0.0897. The van der Waals surface area contributed by atoms with E-state index in [1.807, 2.05) is 30.3 Å². The SMILES string of the molecule is C#CC(CC)NCc1cnn(-c2ccccc2)n1. The van der Waals surface area contributed by atoms with Gasteiger partial charge < -0.3 is 0 Å². The third-order valence-corrected chi connectivity index (χ3v) is 2.67. The molecule has 0 bridgehead atoms. The summed E-state index contributed by atoms with van der Waals surface area (Å²) >= 11 is 0. The summed E-state index contributed by atoms with van der Waals surface area (Å²) in [5.41, 5.74) is 1.83. The molecule has 0 aliphatic rings. The molecule has 0 saturated carbocycles. The topological polar surface area (TPSA) is 42.7 Å². The Bertz CT molecular complexity index is 524. The first kappa shape index (κ1) is 12.3. The molecule has 18 heavy (non-hydrogen) atoms. The van der Waals surface area contributed by atoms with Gasteiger partial charge in [0.25, 0.3) is 0 Å². The monoisotopic (exact) mass is 240 g/mol. The lowest BCUT2D eigenvalue weighted by molar-refractivity contribution is 0.581. The second-order valence-electron chi connectivity index (χ2n) is 3.97. The van der Waals surface area contributed by atoms with Gasteiger partial charge in [-0.3, -0.25) is 5.32 Å². The molecule has 0 aliphatic carbocycles. The van der Waals surface area contributed by atoms with Crippen molar-refractivity contribution in [1.29, 1.82) is 0 Å². The van der Waals surface area contributed by atoms with Gasteiger partial charge in [-0.05, 0) is 18.6 Å². The van der Waals surface area contributed by atoms with Crippen molar-refractivity contribution >= 4 is 0 Å². The molecule has 4 heteroatoms. The van der Waals surface area contributed by atoms with Crippen molar-refractivity contribution in [2.24, 2.45) is 0 Å². The predicted octanol–water partition coefficient (Wildman–Crippen LogP) is 1.77. The maximum Gasteiger partial charge on any atom is 0.0969 e. The van der Waals surface area contributed by atoms with Crippen LogP contribution in [0.4, 0.5) is 0 Å². The van der Waals surface area contributed by atoms with Crippen molar-refractivity contribution in [2.75, 3.05) is 0 Å². The largest absolute Gasteiger partial charge is 0.298 e. The Morgan fingerprint density at radius 1 is 1.39 bits per heavy atom. The quantitative estimate of drug-likeness (QED) is 0.810. The van der Waals surface area contributed by atoms with Crippen LogP contribution in [0.3, 0.4) is 0 Å². The second kappa shape index (κ2) is 5.99. The van der Waals surface area contributed by atoms with Gasteiger partial charge in [0, 0.05) is 6.54 Å². The highest BCUT2D eigenvalue weighted by atomic mass is 15.5. The lowest BCUT2D eigenvalue weighted by Gasteiger charge is -2.07. The van der Waals surface area contributed by atoms with Crippen LogP contribution in [0.2, 0.25) is 0 Å². The first-order valence-corrected chi connectivity index (χ1v) is 5.99. The van der Waals surface area contributed by atoms with E-state index in [2.05, 4.69) is 28.4 Å². The van der Waals surface area contributed by atoms with Gasteiger partial charge >= 0.3 is 0 Å². The van der Waals surface area contributed by atoms with Crippen molar-refractivity contribution in [3.05, 3.63) is 42.2 Å². The maximum atomic E-state index is 5.39. The minimum Gasteiger partial charge on any atom is -0.298 e. The van der Waals surface area contributed by atoms with Crippen LogP contribution < -0.4 is 5.32 Å². The Kier molecular flexibility index (Phi) is 4.11. The fourth-order valence-electron chi connectivity index (χ4n) is 1.61. The third kappa shape index (κ3) is 2.96. The van der Waals surface area contributed by atoms with Gasteiger partial charge in [0.15, 0.2) is 0 Å². The van der Waals surface area contributed by atoms with Gasteiger partial charge in [0.2, 0.25) is 0 Å². The van der Waals surface area contributed by atoms with E-state index in [1.54, 1.807) is 11.0 Å². The highest BCUT2D eigenvalue weighted by Crippen LogP contribution is 2.04. The van der Waals surface area contributed by atoms with E-state index in [1.165, 1.54) is 0 Å². The highest BCUT2D eigenvalue weighted by molar-refractivity contribution is 5.28. The first-order valence-electron chi connectivity index (χ1n) is 5.99. The number of rotatable bonds is 5. The second-order valence-corrected chi connectivity index (χ2v) is 3.97. The molecule has 1 N–H and O–H groups in total. The Morgan fingerprint density at radius 2 is 2.17 bits per heavy atom. The van der Waals surface area contributed by atoms with Crippen molar-refractivity contribution in [1.82, 2.24) is 20.3 Å². The molecule has 1 atom stereocenters. The molecule has 2 aromatic rings. The number of hydrogen-bond donors (Lipinski definition) is 1. The van der Waals surface area contributed by atoms with E-state index < -0.39 is 0 Å². The van der Waals surface area contributed by atoms with Crippen LogP contribution in [0.15, 0.2) is 36.5 Å². The molecule has 0 spiro atoms. The molecule has 1 aromatic carbocycles. The lowest BCUT2D eigenvalue weighted by Crippen LogP contribution is -2.26. The van der Waals surface area contributed by atoms with Crippen LogP contribution in [0.5, 0.6) is 0 Å². The smallest absolute Gasteiger partial charge is 0.0969 e. The van der Waals surface area contributed by atoms with Crippen LogP contribution >= 0.6 is 0 Å². The zero-order valence-electron chi connectivity index (χ0n) is 10.4. The summed E-state index contributed by atoms with van der Waals surface area (Å²) in [5.74, 6) is 2.69. The molecule has 4 nitrogen and oxygen atoms in total. The van der Waals surface area contributed by atoms with Crippen molar-refractivity contribution in [3.8, 4) is 18.0 Å². The summed E-state index contributed by atoms with van der Waals surface area (Å²) in [5, 5.41) is 11.9. The molecular weight excluding hydrogens is 224 g/mol. The average molecular weight is 240 g/mol. The molecule has 0 radical (unpaired) electrons. The molecule has 0 amide bonds. The van der Waals surface area contributed by atoms with Gasteiger partial charge in [-0.15, -0.1) is 6.42 Å². The maximum absolute atomic E-state index is 5.39. The summed E-state index contributed by atoms with van der Waals surface area (Å²) in [6, 6.07) is 9.91. The van der Waals surface area contributed by atoms with Gasteiger partial charge in [-0.25, -0.2) is 0 Å². The van der Waals surface area contributed by atoms with E-state index in [0.29, 0.717) is 6.54 Å². The van der Waals surface area contributed by atoms with Gasteiger partial charge in [-0.2, -0.15) is 15.0 Å². The van der Waals surface area contributed by atoms with Crippen LogP contribution in [-0.4, -0.2) is 21.0 Å². The lowest BCUT2D eigenvalue weighted by atomic mass is 10.2. The van der Waals surface area contributed by atoms with Crippen LogP contribution in [0.1, 0.15) is 19.0 Å². The summed E-state index contributed by atoms with van der Waals surface area (Å²) in [4.78, 5) is 1.62. The summed E-state index contributed by atoms with van der Waals surface area (Å²) < 4.78 is 0. The molecule has 1 heterocycles.